The molecule has 154 valence electrons. The van der Waals surface area contributed by atoms with E-state index in [0.717, 1.165) is 16.8 Å². The molecule has 2 aromatic carbocycles. The van der Waals surface area contributed by atoms with Gasteiger partial charge in [-0.2, -0.15) is 0 Å². The van der Waals surface area contributed by atoms with Gasteiger partial charge in [0.05, 0.1) is 12.5 Å². The largest absolute Gasteiger partial charge is 0.356 e. The van der Waals surface area contributed by atoms with Crippen LogP contribution in [0.4, 0.5) is 10.1 Å². The molecule has 0 radical (unpaired) electrons. The number of halogens is 1. The van der Waals surface area contributed by atoms with Crippen LogP contribution in [0.2, 0.25) is 0 Å². The van der Waals surface area contributed by atoms with Crippen molar-refractivity contribution in [2.24, 2.45) is 5.92 Å². The van der Waals surface area contributed by atoms with Gasteiger partial charge in [-0.3, -0.25) is 9.59 Å². The number of hydrogen-bond donors (Lipinski definition) is 1. The van der Waals surface area contributed by atoms with Gasteiger partial charge in [0.2, 0.25) is 11.8 Å². The third-order valence-electron chi connectivity index (χ3n) is 5.43. The van der Waals surface area contributed by atoms with Gasteiger partial charge in [0, 0.05) is 30.3 Å². The zero-order valence-corrected chi connectivity index (χ0v) is 16.8. The van der Waals surface area contributed by atoms with Gasteiger partial charge < -0.3 is 14.7 Å². The normalized spacial score (nSPS) is 16.2. The molecule has 0 aliphatic carbocycles. The Morgan fingerprint density at radius 1 is 1.17 bits per heavy atom. The van der Waals surface area contributed by atoms with Crippen molar-refractivity contribution in [2.75, 3.05) is 11.4 Å². The lowest BCUT2D eigenvalue weighted by Gasteiger charge is -2.18. The van der Waals surface area contributed by atoms with Crippen LogP contribution >= 0.6 is 0 Å². The number of nitrogens with zero attached hydrogens (tertiary/aromatic N) is 2. The lowest BCUT2D eigenvalue weighted by atomic mass is 10.1. The van der Waals surface area contributed by atoms with E-state index >= 15 is 0 Å². The van der Waals surface area contributed by atoms with Crippen molar-refractivity contribution in [3.8, 4) is 11.3 Å². The van der Waals surface area contributed by atoms with Crippen LogP contribution in [0.5, 0.6) is 0 Å². The van der Waals surface area contributed by atoms with Crippen molar-refractivity contribution in [3.63, 3.8) is 0 Å². The number of aryl methyl sites for hydroxylation is 2. The quantitative estimate of drug-likeness (QED) is 0.699. The predicted molar refractivity (Wildman–Crippen MR) is 110 cm³/mol. The fraction of sp³-hybridized carbons (Fsp3) is 0.261. The fourth-order valence-corrected chi connectivity index (χ4v) is 3.49. The summed E-state index contributed by atoms with van der Waals surface area (Å²) in [6, 6.07) is 13.5. The standard InChI is InChI=1S/C23H22FN3O3/c1-14-3-8-20(9-15(14)2)27-13-17(10-22(27)28)23(29)25-12-19-11-21(30-26-19)16-4-6-18(24)7-5-16/h3-9,11,17H,10,12-13H2,1-2H3,(H,25,29)/t17-/m1/s1. The maximum atomic E-state index is 13.0. The summed E-state index contributed by atoms with van der Waals surface area (Å²) in [6.45, 7) is 4.57. The fourth-order valence-electron chi connectivity index (χ4n) is 3.49. The molecule has 6 nitrogen and oxygen atoms in total. The lowest BCUT2D eigenvalue weighted by Crippen LogP contribution is -2.32. The Morgan fingerprint density at radius 3 is 2.67 bits per heavy atom. The van der Waals surface area contributed by atoms with Gasteiger partial charge in [-0.15, -0.1) is 0 Å². The Labute approximate surface area is 173 Å². The van der Waals surface area contributed by atoms with Crippen LogP contribution in [0.15, 0.2) is 53.1 Å². The van der Waals surface area contributed by atoms with Crippen molar-refractivity contribution in [1.82, 2.24) is 10.5 Å². The topological polar surface area (TPSA) is 75.4 Å². The average Bonchev–Trinajstić information content (AvgIpc) is 3.36. The van der Waals surface area contributed by atoms with Gasteiger partial charge >= 0.3 is 0 Å². The Kier molecular flexibility index (Phi) is 5.35. The number of carbonyl (C=O) groups is 2. The third kappa shape index (κ3) is 4.10. The van der Waals surface area contributed by atoms with Crippen molar-refractivity contribution >= 4 is 17.5 Å². The molecule has 30 heavy (non-hydrogen) atoms. The first-order valence-corrected chi connectivity index (χ1v) is 9.77. The molecule has 3 aromatic rings. The van der Waals surface area contributed by atoms with Crippen LogP contribution in [0.3, 0.4) is 0 Å². The highest BCUT2D eigenvalue weighted by Gasteiger charge is 2.35. The van der Waals surface area contributed by atoms with Crippen molar-refractivity contribution in [2.45, 2.75) is 26.8 Å². The van der Waals surface area contributed by atoms with E-state index in [0.29, 0.717) is 23.6 Å². The predicted octanol–water partition coefficient (Wildman–Crippen LogP) is 3.77. The van der Waals surface area contributed by atoms with E-state index in [-0.39, 0.29) is 30.6 Å². The number of carbonyl (C=O) groups excluding carboxylic acids is 2. The molecule has 7 heteroatoms. The summed E-state index contributed by atoms with van der Waals surface area (Å²) in [5, 5.41) is 6.78. The smallest absolute Gasteiger partial charge is 0.227 e. The van der Waals surface area contributed by atoms with Gasteiger partial charge in [0.1, 0.15) is 11.5 Å². The second-order valence-corrected chi connectivity index (χ2v) is 7.58. The molecule has 1 atom stereocenters. The molecule has 1 N–H and O–H groups in total. The molecule has 1 aromatic heterocycles. The van der Waals surface area contributed by atoms with Crippen molar-refractivity contribution < 1.29 is 18.5 Å². The van der Waals surface area contributed by atoms with Crippen LogP contribution in [0, 0.1) is 25.6 Å². The summed E-state index contributed by atoms with van der Waals surface area (Å²) in [6.07, 6.45) is 0.179. The lowest BCUT2D eigenvalue weighted by molar-refractivity contribution is -0.126. The van der Waals surface area contributed by atoms with Gasteiger partial charge in [0.25, 0.3) is 0 Å². The summed E-state index contributed by atoms with van der Waals surface area (Å²) < 4.78 is 18.3. The molecule has 1 aliphatic heterocycles. The highest BCUT2D eigenvalue weighted by Crippen LogP contribution is 2.27. The van der Waals surface area contributed by atoms with E-state index in [1.165, 1.54) is 12.1 Å². The molecule has 0 saturated carbocycles. The zero-order chi connectivity index (χ0) is 21.3. The monoisotopic (exact) mass is 407 g/mol. The summed E-state index contributed by atoms with van der Waals surface area (Å²) in [5.74, 6) is -0.495. The minimum Gasteiger partial charge on any atom is -0.356 e. The molecular formula is C23H22FN3O3. The summed E-state index contributed by atoms with van der Waals surface area (Å²) in [4.78, 5) is 26.7. The highest BCUT2D eigenvalue weighted by atomic mass is 19.1. The maximum Gasteiger partial charge on any atom is 0.227 e. The maximum absolute atomic E-state index is 13.0. The molecule has 1 saturated heterocycles. The van der Waals surface area contributed by atoms with E-state index in [1.807, 2.05) is 32.0 Å². The van der Waals surface area contributed by atoms with E-state index in [2.05, 4.69) is 10.5 Å². The summed E-state index contributed by atoms with van der Waals surface area (Å²) in [7, 11) is 0. The molecule has 2 heterocycles. The van der Waals surface area contributed by atoms with Crippen LogP contribution in [-0.4, -0.2) is 23.5 Å². The number of aromatic nitrogens is 1. The second-order valence-electron chi connectivity index (χ2n) is 7.58. The zero-order valence-electron chi connectivity index (χ0n) is 16.8. The second kappa shape index (κ2) is 8.10. The van der Waals surface area contributed by atoms with Gasteiger partial charge in [0.15, 0.2) is 5.76 Å². The number of anilines is 1. The Bertz CT molecular complexity index is 1090. The number of nitrogens with one attached hydrogen (secondary N) is 1. The summed E-state index contributed by atoms with van der Waals surface area (Å²) >= 11 is 0. The van der Waals surface area contributed by atoms with Gasteiger partial charge in [-0.1, -0.05) is 11.2 Å². The van der Waals surface area contributed by atoms with E-state index < -0.39 is 5.92 Å². The summed E-state index contributed by atoms with van der Waals surface area (Å²) in [5.41, 5.74) is 4.34. The van der Waals surface area contributed by atoms with Crippen LogP contribution in [-0.2, 0) is 16.1 Å². The first kappa shape index (κ1) is 19.8. The number of rotatable bonds is 5. The van der Waals surface area contributed by atoms with Crippen LogP contribution < -0.4 is 10.2 Å². The molecule has 0 bridgehead atoms. The number of benzene rings is 2. The van der Waals surface area contributed by atoms with E-state index in [9.17, 15) is 14.0 Å². The number of hydrogen-bond acceptors (Lipinski definition) is 4. The first-order chi connectivity index (χ1) is 14.4. The van der Waals surface area contributed by atoms with Crippen molar-refractivity contribution in [1.29, 1.82) is 0 Å². The van der Waals surface area contributed by atoms with E-state index in [4.69, 9.17) is 4.52 Å². The molecular weight excluding hydrogens is 385 g/mol. The first-order valence-electron chi connectivity index (χ1n) is 9.77. The average molecular weight is 407 g/mol. The molecule has 4 rings (SSSR count). The van der Waals surface area contributed by atoms with E-state index in [1.54, 1.807) is 23.1 Å². The number of amides is 2. The Morgan fingerprint density at radius 2 is 1.93 bits per heavy atom. The van der Waals surface area contributed by atoms with Crippen LogP contribution in [0.1, 0.15) is 23.2 Å². The molecule has 0 unspecified atom stereocenters. The minimum absolute atomic E-state index is 0.0570. The Hall–Kier alpha value is -3.48. The van der Waals surface area contributed by atoms with Crippen molar-refractivity contribution in [3.05, 3.63) is 71.2 Å². The van der Waals surface area contributed by atoms with Gasteiger partial charge in [-0.05, 0) is 61.4 Å². The Balaban J connectivity index is 1.36. The minimum atomic E-state index is -0.414. The molecule has 2 amide bonds. The molecule has 0 spiro atoms. The molecule has 1 aliphatic rings. The highest BCUT2D eigenvalue weighted by molar-refractivity contribution is 6.00. The van der Waals surface area contributed by atoms with Gasteiger partial charge in [-0.25, -0.2) is 4.39 Å². The van der Waals surface area contributed by atoms with Crippen LogP contribution in [0.25, 0.3) is 11.3 Å². The third-order valence-corrected chi connectivity index (χ3v) is 5.43. The SMILES string of the molecule is Cc1ccc(N2C[C@H](C(=O)NCc3cc(-c4ccc(F)cc4)on3)CC2=O)cc1C. The molecule has 1 fully saturated rings.